The van der Waals surface area contributed by atoms with Crippen LogP contribution in [0.4, 0.5) is 15.8 Å². The fourth-order valence-corrected chi connectivity index (χ4v) is 2.33. The van der Waals surface area contributed by atoms with Crippen LogP contribution in [0.1, 0.15) is 21.5 Å². The highest BCUT2D eigenvalue weighted by Crippen LogP contribution is 2.20. The third-order valence-corrected chi connectivity index (χ3v) is 3.59. The number of benzene rings is 2. The lowest BCUT2D eigenvalue weighted by molar-refractivity contribution is 0.102. The van der Waals surface area contributed by atoms with Gasteiger partial charge in [0.2, 0.25) is 0 Å². The number of nitrogens with two attached hydrogens (primary N) is 1. The summed E-state index contributed by atoms with van der Waals surface area (Å²) < 4.78 is 15.1. The van der Waals surface area contributed by atoms with Crippen molar-refractivity contribution in [3.05, 3.63) is 77.4 Å². The average molecular weight is 324 g/mol. The van der Waals surface area contributed by atoms with Crippen LogP contribution in [0.25, 0.3) is 0 Å². The predicted octanol–water partition coefficient (Wildman–Crippen LogP) is 3.21. The Kier molecular flexibility index (Phi) is 4.29. The molecule has 0 fully saturated rings. The molecule has 6 heteroatoms. The molecular weight excluding hydrogens is 307 g/mol. The number of nitrogen functional groups attached to an aromatic ring is 1. The van der Waals surface area contributed by atoms with Gasteiger partial charge >= 0.3 is 0 Å². The van der Waals surface area contributed by atoms with Crippen molar-refractivity contribution in [2.45, 2.75) is 13.5 Å². The summed E-state index contributed by atoms with van der Waals surface area (Å²) in [6.07, 6.45) is 3.75. The van der Waals surface area contributed by atoms with Crippen LogP contribution in [0, 0.1) is 12.7 Å². The molecule has 0 aliphatic heterocycles. The largest absolute Gasteiger partial charge is 0.397 e. The normalized spacial score (nSPS) is 10.6. The third-order valence-electron chi connectivity index (χ3n) is 3.59. The van der Waals surface area contributed by atoms with E-state index >= 15 is 0 Å². The second-order valence-corrected chi connectivity index (χ2v) is 5.60. The first kappa shape index (κ1) is 15.7. The van der Waals surface area contributed by atoms with Crippen LogP contribution in [0.3, 0.4) is 0 Å². The van der Waals surface area contributed by atoms with Gasteiger partial charge in [0.1, 0.15) is 5.82 Å². The van der Waals surface area contributed by atoms with Crippen LogP contribution in [0.5, 0.6) is 0 Å². The Morgan fingerprint density at radius 3 is 2.67 bits per heavy atom. The van der Waals surface area contributed by atoms with Crippen LogP contribution in [-0.4, -0.2) is 15.7 Å². The molecule has 0 aliphatic rings. The zero-order valence-electron chi connectivity index (χ0n) is 13.2. The Morgan fingerprint density at radius 2 is 2.00 bits per heavy atom. The fourth-order valence-electron chi connectivity index (χ4n) is 2.33. The van der Waals surface area contributed by atoms with E-state index < -0.39 is 5.82 Å². The van der Waals surface area contributed by atoms with Crippen molar-refractivity contribution in [3.63, 3.8) is 0 Å². The van der Waals surface area contributed by atoms with Crippen LogP contribution in [-0.2, 0) is 6.54 Å². The summed E-state index contributed by atoms with van der Waals surface area (Å²) in [6, 6.07) is 11.0. The fraction of sp³-hybridized carbons (Fsp3) is 0.111. The quantitative estimate of drug-likeness (QED) is 0.724. The molecule has 3 rings (SSSR count). The first-order valence-electron chi connectivity index (χ1n) is 7.45. The van der Waals surface area contributed by atoms with Gasteiger partial charge in [0.25, 0.3) is 5.91 Å². The molecule has 0 aliphatic carbocycles. The molecule has 0 saturated heterocycles. The van der Waals surface area contributed by atoms with Gasteiger partial charge in [-0.1, -0.05) is 12.1 Å². The highest BCUT2D eigenvalue weighted by Gasteiger charge is 2.09. The van der Waals surface area contributed by atoms with Crippen LogP contribution in [0.2, 0.25) is 0 Å². The van der Waals surface area contributed by atoms with Gasteiger partial charge in [0.15, 0.2) is 0 Å². The topological polar surface area (TPSA) is 72.9 Å². The van der Waals surface area contributed by atoms with Crippen molar-refractivity contribution in [2.24, 2.45) is 0 Å². The average Bonchev–Trinajstić information content (AvgIpc) is 2.96. The minimum atomic E-state index is -0.454. The predicted molar refractivity (Wildman–Crippen MR) is 91.3 cm³/mol. The van der Waals surface area contributed by atoms with Gasteiger partial charge in [-0.3, -0.25) is 9.48 Å². The number of amides is 1. The van der Waals surface area contributed by atoms with Crippen LogP contribution < -0.4 is 11.1 Å². The first-order chi connectivity index (χ1) is 11.5. The number of anilines is 2. The molecule has 0 bridgehead atoms. The van der Waals surface area contributed by atoms with Gasteiger partial charge in [-0.25, -0.2) is 4.39 Å². The van der Waals surface area contributed by atoms with E-state index in [0.29, 0.717) is 17.8 Å². The molecule has 5 nitrogen and oxygen atoms in total. The number of hydrogen-bond acceptors (Lipinski definition) is 3. The molecule has 0 radical (unpaired) electrons. The molecule has 3 N–H and O–H groups in total. The Bertz CT molecular complexity index is 871. The summed E-state index contributed by atoms with van der Waals surface area (Å²) in [6.45, 7) is 2.61. The van der Waals surface area contributed by atoms with Crippen molar-refractivity contribution >= 4 is 17.3 Å². The monoisotopic (exact) mass is 324 g/mol. The molecule has 122 valence electrons. The van der Waals surface area contributed by atoms with Crippen molar-refractivity contribution in [2.75, 3.05) is 11.1 Å². The maximum atomic E-state index is 13.2. The van der Waals surface area contributed by atoms with E-state index in [4.69, 9.17) is 5.73 Å². The summed E-state index contributed by atoms with van der Waals surface area (Å²) in [4.78, 5) is 12.2. The van der Waals surface area contributed by atoms with Gasteiger partial charge in [0.05, 0.1) is 24.1 Å². The smallest absolute Gasteiger partial charge is 0.255 e. The number of nitrogens with zero attached hydrogens (tertiary/aromatic N) is 2. The van der Waals surface area contributed by atoms with E-state index in [1.807, 2.05) is 29.9 Å². The molecule has 0 saturated carbocycles. The lowest BCUT2D eigenvalue weighted by Gasteiger charge is -2.09. The number of carbonyl (C=O) groups is 1. The molecule has 0 unspecified atom stereocenters. The number of rotatable bonds is 4. The van der Waals surface area contributed by atoms with Crippen molar-refractivity contribution < 1.29 is 9.18 Å². The van der Waals surface area contributed by atoms with Crippen LogP contribution >= 0.6 is 0 Å². The van der Waals surface area contributed by atoms with Crippen molar-refractivity contribution in [1.82, 2.24) is 9.78 Å². The maximum absolute atomic E-state index is 13.2. The molecule has 3 aromatic rings. The molecule has 1 heterocycles. The number of hydrogen-bond donors (Lipinski definition) is 2. The number of carbonyl (C=O) groups excluding carboxylic acids is 1. The lowest BCUT2D eigenvalue weighted by atomic mass is 10.1. The zero-order chi connectivity index (χ0) is 17.1. The zero-order valence-corrected chi connectivity index (χ0v) is 13.2. The van der Waals surface area contributed by atoms with E-state index in [2.05, 4.69) is 10.4 Å². The number of aryl methyl sites for hydroxylation is 1. The molecule has 0 atom stereocenters. The van der Waals surface area contributed by atoms with Crippen LogP contribution in [0.15, 0.2) is 54.9 Å². The summed E-state index contributed by atoms with van der Waals surface area (Å²) in [5.74, 6) is -0.793. The lowest BCUT2D eigenvalue weighted by Crippen LogP contribution is -2.13. The summed E-state index contributed by atoms with van der Waals surface area (Å²) in [7, 11) is 0. The van der Waals surface area contributed by atoms with Gasteiger partial charge in [-0.15, -0.1) is 0 Å². The molecule has 2 aromatic carbocycles. The van der Waals surface area contributed by atoms with E-state index in [1.165, 1.54) is 18.2 Å². The van der Waals surface area contributed by atoms with Gasteiger partial charge in [-0.05, 0) is 48.4 Å². The standard InChI is InChI=1S/C18H17FN4O/c1-12-9-21-23(10-12)11-13-2-4-14(5-3-13)18(24)22-17-8-15(19)6-7-16(17)20/h2-10H,11,20H2,1H3,(H,22,24). The molecule has 24 heavy (non-hydrogen) atoms. The molecular formula is C18H17FN4O. The van der Waals surface area contributed by atoms with E-state index in [1.54, 1.807) is 18.3 Å². The summed E-state index contributed by atoms with van der Waals surface area (Å²) >= 11 is 0. The first-order valence-corrected chi connectivity index (χ1v) is 7.45. The summed E-state index contributed by atoms with van der Waals surface area (Å²) in [5.41, 5.74) is 8.91. The number of aromatic nitrogens is 2. The molecule has 1 aromatic heterocycles. The van der Waals surface area contributed by atoms with Gasteiger partial charge in [0, 0.05) is 11.8 Å². The maximum Gasteiger partial charge on any atom is 0.255 e. The third kappa shape index (κ3) is 3.60. The van der Waals surface area contributed by atoms with E-state index in [9.17, 15) is 9.18 Å². The Balaban J connectivity index is 1.70. The van der Waals surface area contributed by atoms with E-state index in [-0.39, 0.29) is 11.6 Å². The SMILES string of the molecule is Cc1cnn(Cc2ccc(C(=O)Nc3cc(F)ccc3N)cc2)c1. The number of halogens is 1. The minimum absolute atomic E-state index is 0.260. The second kappa shape index (κ2) is 6.54. The van der Waals surface area contributed by atoms with Gasteiger partial charge in [-0.2, -0.15) is 5.10 Å². The highest BCUT2D eigenvalue weighted by molar-refractivity contribution is 6.05. The second-order valence-electron chi connectivity index (χ2n) is 5.60. The number of nitrogens with one attached hydrogen (secondary N) is 1. The minimum Gasteiger partial charge on any atom is -0.397 e. The highest BCUT2D eigenvalue weighted by atomic mass is 19.1. The van der Waals surface area contributed by atoms with Crippen molar-refractivity contribution in [3.8, 4) is 0 Å². The molecule has 1 amide bonds. The van der Waals surface area contributed by atoms with E-state index in [0.717, 1.165) is 11.1 Å². The Labute approximate surface area is 138 Å². The van der Waals surface area contributed by atoms with Gasteiger partial charge < -0.3 is 11.1 Å². The Hall–Kier alpha value is -3.15. The Morgan fingerprint density at radius 1 is 1.25 bits per heavy atom. The van der Waals surface area contributed by atoms with Crippen molar-refractivity contribution in [1.29, 1.82) is 0 Å². The summed E-state index contributed by atoms with van der Waals surface area (Å²) in [5, 5.41) is 6.85. The molecule has 0 spiro atoms.